The van der Waals surface area contributed by atoms with E-state index in [1.54, 1.807) is 11.5 Å². The van der Waals surface area contributed by atoms with Gasteiger partial charge in [0.25, 0.3) is 5.56 Å². The van der Waals surface area contributed by atoms with E-state index in [9.17, 15) is 9.59 Å². The van der Waals surface area contributed by atoms with Crippen LogP contribution in [0.4, 0.5) is 0 Å². The minimum atomic E-state index is -0.147. The molecule has 0 spiro atoms. The van der Waals surface area contributed by atoms with E-state index in [0.29, 0.717) is 19.6 Å². The zero-order chi connectivity index (χ0) is 12.5. The molecule has 1 heterocycles. The van der Waals surface area contributed by atoms with Crippen molar-refractivity contribution in [1.29, 1.82) is 0 Å². The maximum atomic E-state index is 11.3. The van der Waals surface area contributed by atoms with E-state index in [2.05, 4.69) is 4.98 Å². The maximum absolute atomic E-state index is 11.3. The number of ether oxygens (including phenoxy) is 1. The van der Waals surface area contributed by atoms with Crippen molar-refractivity contribution in [2.45, 2.75) is 39.2 Å². The summed E-state index contributed by atoms with van der Waals surface area (Å²) in [6, 6.07) is 1.44. The molecule has 0 aliphatic carbocycles. The number of unbranched alkanes of at least 4 members (excludes halogenated alkanes) is 2. The SMILES string of the molecule is CCOC(=O)CCCCCn1cnccc1=O. The molecule has 0 unspecified atom stereocenters. The Morgan fingerprint density at radius 2 is 2.24 bits per heavy atom. The van der Waals surface area contributed by atoms with Gasteiger partial charge in [0.15, 0.2) is 0 Å². The standard InChI is InChI=1S/C12H18N2O3/c1-2-17-12(16)6-4-3-5-9-14-10-13-8-7-11(14)15/h7-8,10H,2-6,9H2,1H3. The van der Waals surface area contributed by atoms with Crippen LogP contribution in [0, 0.1) is 0 Å². The van der Waals surface area contributed by atoms with E-state index in [4.69, 9.17) is 4.74 Å². The van der Waals surface area contributed by atoms with Crippen LogP contribution >= 0.6 is 0 Å². The van der Waals surface area contributed by atoms with Crippen molar-refractivity contribution in [3.05, 3.63) is 28.9 Å². The van der Waals surface area contributed by atoms with Gasteiger partial charge >= 0.3 is 5.97 Å². The Labute approximate surface area is 100 Å². The first-order valence-corrected chi connectivity index (χ1v) is 5.90. The van der Waals surface area contributed by atoms with Crippen LogP contribution in [0.15, 0.2) is 23.4 Å². The topological polar surface area (TPSA) is 61.2 Å². The van der Waals surface area contributed by atoms with Crippen molar-refractivity contribution in [2.24, 2.45) is 0 Å². The van der Waals surface area contributed by atoms with Gasteiger partial charge in [-0.2, -0.15) is 0 Å². The van der Waals surface area contributed by atoms with Crippen molar-refractivity contribution in [2.75, 3.05) is 6.61 Å². The molecule has 0 bridgehead atoms. The Morgan fingerprint density at radius 3 is 2.94 bits per heavy atom. The number of carbonyl (C=O) groups excluding carboxylic acids is 1. The molecule has 0 radical (unpaired) electrons. The molecule has 5 heteroatoms. The second-order valence-electron chi connectivity index (χ2n) is 3.73. The number of aryl methyl sites for hydroxylation is 1. The van der Waals surface area contributed by atoms with Gasteiger partial charge in [0.05, 0.1) is 12.9 Å². The fourth-order valence-corrected chi connectivity index (χ4v) is 1.51. The molecule has 0 aromatic carbocycles. The number of rotatable bonds is 7. The minimum absolute atomic E-state index is 0.0367. The minimum Gasteiger partial charge on any atom is -0.466 e. The van der Waals surface area contributed by atoms with Gasteiger partial charge in [-0.3, -0.25) is 14.2 Å². The normalized spacial score (nSPS) is 10.2. The van der Waals surface area contributed by atoms with Gasteiger partial charge in [0.2, 0.25) is 0 Å². The van der Waals surface area contributed by atoms with Gasteiger partial charge in [-0.05, 0) is 19.8 Å². The first-order valence-electron chi connectivity index (χ1n) is 5.90. The molecule has 1 aromatic heterocycles. The van der Waals surface area contributed by atoms with E-state index in [1.165, 1.54) is 18.6 Å². The van der Waals surface area contributed by atoms with Gasteiger partial charge in [-0.25, -0.2) is 4.98 Å². The molecule has 0 saturated carbocycles. The van der Waals surface area contributed by atoms with E-state index in [1.807, 2.05) is 0 Å². The van der Waals surface area contributed by atoms with Crippen LogP contribution in [0.3, 0.4) is 0 Å². The summed E-state index contributed by atoms with van der Waals surface area (Å²) in [6.07, 6.45) is 6.04. The van der Waals surface area contributed by atoms with Gasteiger partial charge in [0.1, 0.15) is 0 Å². The molecule has 0 fully saturated rings. The second-order valence-corrected chi connectivity index (χ2v) is 3.73. The zero-order valence-electron chi connectivity index (χ0n) is 10.1. The molecular weight excluding hydrogens is 220 g/mol. The second kappa shape index (κ2) is 7.60. The lowest BCUT2D eigenvalue weighted by atomic mass is 10.2. The summed E-state index contributed by atoms with van der Waals surface area (Å²) in [5, 5.41) is 0. The van der Waals surface area contributed by atoms with E-state index in [0.717, 1.165) is 19.3 Å². The molecule has 94 valence electrons. The molecule has 0 saturated heterocycles. The third-order valence-electron chi connectivity index (χ3n) is 2.38. The van der Waals surface area contributed by atoms with E-state index in [-0.39, 0.29) is 11.5 Å². The fraction of sp³-hybridized carbons (Fsp3) is 0.583. The van der Waals surface area contributed by atoms with Crippen LogP contribution in [0.5, 0.6) is 0 Å². The molecule has 1 aromatic rings. The molecule has 0 aliphatic heterocycles. The fourth-order valence-electron chi connectivity index (χ4n) is 1.51. The van der Waals surface area contributed by atoms with Crippen molar-refractivity contribution in [3.8, 4) is 0 Å². The number of carbonyl (C=O) groups is 1. The molecular formula is C12H18N2O3. The lowest BCUT2D eigenvalue weighted by molar-refractivity contribution is -0.143. The summed E-state index contributed by atoms with van der Waals surface area (Å²) in [7, 11) is 0. The van der Waals surface area contributed by atoms with Crippen LogP contribution in [-0.2, 0) is 16.1 Å². The number of aromatic nitrogens is 2. The van der Waals surface area contributed by atoms with Crippen molar-refractivity contribution >= 4 is 5.97 Å². The Hall–Kier alpha value is -1.65. The molecule has 5 nitrogen and oxygen atoms in total. The molecule has 1 rings (SSSR count). The molecule has 0 atom stereocenters. The smallest absolute Gasteiger partial charge is 0.305 e. The van der Waals surface area contributed by atoms with Crippen LogP contribution in [0.25, 0.3) is 0 Å². The Balaban J connectivity index is 2.15. The lowest BCUT2D eigenvalue weighted by Gasteiger charge is -2.04. The quantitative estimate of drug-likeness (QED) is 0.531. The molecule has 17 heavy (non-hydrogen) atoms. The van der Waals surface area contributed by atoms with Gasteiger partial charge < -0.3 is 4.74 Å². The lowest BCUT2D eigenvalue weighted by Crippen LogP contribution is -2.18. The highest BCUT2D eigenvalue weighted by Crippen LogP contribution is 2.02. The largest absolute Gasteiger partial charge is 0.466 e. The highest BCUT2D eigenvalue weighted by Gasteiger charge is 2.01. The van der Waals surface area contributed by atoms with Crippen molar-refractivity contribution in [3.63, 3.8) is 0 Å². The number of hydrogen-bond donors (Lipinski definition) is 0. The third kappa shape index (κ3) is 5.29. The third-order valence-corrected chi connectivity index (χ3v) is 2.38. The van der Waals surface area contributed by atoms with Crippen LogP contribution in [0.2, 0.25) is 0 Å². The van der Waals surface area contributed by atoms with E-state index < -0.39 is 0 Å². The van der Waals surface area contributed by atoms with Crippen LogP contribution < -0.4 is 5.56 Å². The Morgan fingerprint density at radius 1 is 1.41 bits per heavy atom. The highest BCUT2D eigenvalue weighted by atomic mass is 16.5. The molecule has 0 amide bonds. The van der Waals surface area contributed by atoms with Crippen molar-refractivity contribution in [1.82, 2.24) is 9.55 Å². The van der Waals surface area contributed by atoms with Crippen LogP contribution in [-0.4, -0.2) is 22.1 Å². The summed E-state index contributed by atoms with van der Waals surface area (Å²) in [4.78, 5) is 26.3. The number of hydrogen-bond acceptors (Lipinski definition) is 4. The summed E-state index contributed by atoms with van der Waals surface area (Å²) < 4.78 is 6.40. The predicted octanol–water partition coefficient (Wildman–Crippen LogP) is 1.37. The van der Waals surface area contributed by atoms with Crippen LogP contribution in [0.1, 0.15) is 32.6 Å². The predicted molar refractivity (Wildman–Crippen MR) is 63.6 cm³/mol. The molecule has 0 N–H and O–H groups in total. The summed E-state index contributed by atoms with van der Waals surface area (Å²) in [6.45, 7) is 2.88. The average Bonchev–Trinajstić information content (AvgIpc) is 2.31. The van der Waals surface area contributed by atoms with Gasteiger partial charge in [0, 0.05) is 25.2 Å². The van der Waals surface area contributed by atoms with E-state index >= 15 is 0 Å². The Bertz CT molecular complexity index is 401. The monoisotopic (exact) mass is 238 g/mol. The highest BCUT2D eigenvalue weighted by molar-refractivity contribution is 5.69. The molecule has 0 aliphatic rings. The van der Waals surface area contributed by atoms with Gasteiger partial charge in [-0.1, -0.05) is 6.42 Å². The average molecular weight is 238 g/mol. The number of esters is 1. The Kier molecular flexibility index (Phi) is 5.99. The first kappa shape index (κ1) is 13.4. The number of nitrogens with zero attached hydrogens (tertiary/aromatic N) is 2. The maximum Gasteiger partial charge on any atom is 0.305 e. The van der Waals surface area contributed by atoms with Crippen molar-refractivity contribution < 1.29 is 9.53 Å². The zero-order valence-corrected chi connectivity index (χ0v) is 10.1. The van der Waals surface area contributed by atoms with Gasteiger partial charge in [-0.15, -0.1) is 0 Å². The summed E-state index contributed by atoms with van der Waals surface area (Å²) >= 11 is 0. The first-order chi connectivity index (χ1) is 8.24. The summed E-state index contributed by atoms with van der Waals surface area (Å²) in [5.74, 6) is -0.147. The summed E-state index contributed by atoms with van der Waals surface area (Å²) in [5.41, 5.74) is -0.0367.